The summed E-state index contributed by atoms with van der Waals surface area (Å²) in [6.45, 7) is 3.10. The number of benzene rings is 2. The lowest BCUT2D eigenvalue weighted by molar-refractivity contribution is 0.175. The number of fused-ring (bicyclic) bond motifs is 2. The largest absolute Gasteiger partial charge is 0.497 e. The van der Waals surface area contributed by atoms with Crippen LogP contribution in [-0.2, 0) is 12.0 Å². The molecular formula is C22H25NO2. The lowest BCUT2D eigenvalue weighted by Crippen LogP contribution is -2.40. The second kappa shape index (κ2) is 6.57. The Balaban J connectivity index is 1.48. The summed E-state index contributed by atoms with van der Waals surface area (Å²) in [5.74, 6) is 1.82. The zero-order chi connectivity index (χ0) is 17.3. The maximum Gasteiger partial charge on any atom is 0.123 e. The minimum atomic E-state index is 0.242. The lowest BCUT2D eigenvalue weighted by atomic mass is 9.74. The van der Waals surface area contributed by atoms with E-state index in [1.165, 1.54) is 29.5 Å². The molecule has 130 valence electrons. The second-order valence-electron chi connectivity index (χ2n) is 7.03. The molecule has 2 aliphatic rings. The highest BCUT2D eigenvalue weighted by atomic mass is 16.5. The molecule has 1 aliphatic heterocycles. The van der Waals surface area contributed by atoms with E-state index in [0.717, 1.165) is 31.1 Å². The summed E-state index contributed by atoms with van der Waals surface area (Å²) >= 11 is 0. The average Bonchev–Trinajstić information content (AvgIpc) is 3.02. The Hall–Kier alpha value is -2.26. The van der Waals surface area contributed by atoms with Crippen molar-refractivity contribution < 1.29 is 9.47 Å². The normalized spacial score (nSPS) is 18.3. The zero-order valence-corrected chi connectivity index (χ0v) is 15.0. The second-order valence-corrected chi connectivity index (χ2v) is 7.03. The van der Waals surface area contributed by atoms with Gasteiger partial charge in [-0.05, 0) is 55.3 Å². The van der Waals surface area contributed by atoms with E-state index in [-0.39, 0.29) is 5.41 Å². The molecule has 0 aromatic heterocycles. The van der Waals surface area contributed by atoms with Crippen molar-refractivity contribution in [2.75, 3.05) is 27.3 Å². The molecule has 0 unspecified atom stereocenters. The van der Waals surface area contributed by atoms with Crippen LogP contribution in [0.4, 0.5) is 0 Å². The minimum Gasteiger partial charge on any atom is -0.497 e. The molecule has 1 aliphatic carbocycles. The van der Waals surface area contributed by atoms with E-state index in [4.69, 9.17) is 9.47 Å². The van der Waals surface area contributed by atoms with E-state index in [9.17, 15) is 0 Å². The summed E-state index contributed by atoms with van der Waals surface area (Å²) in [5, 5.41) is 0. The van der Waals surface area contributed by atoms with E-state index >= 15 is 0 Å². The molecule has 0 amide bonds. The van der Waals surface area contributed by atoms with E-state index in [2.05, 4.69) is 47.4 Å². The fourth-order valence-corrected chi connectivity index (χ4v) is 4.23. The maximum atomic E-state index is 5.53. The molecule has 2 aromatic carbocycles. The fourth-order valence-electron chi connectivity index (χ4n) is 4.23. The van der Waals surface area contributed by atoms with Gasteiger partial charge in [-0.15, -0.1) is 0 Å². The third kappa shape index (κ3) is 2.93. The standard InChI is InChI=1S/C22H25NO2/c1-24-19-7-8-21(25-2)18(15-19)16-23-13-11-22(12-14-23)10-9-17-5-3-4-6-20(17)22/h3-10,15H,11-14,16H2,1-2H3. The van der Waals surface area contributed by atoms with Gasteiger partial charge in [-0.2, -0.15) is 0 Å². The number of methoxy groups -OCH3 is 2. The van der Waals surface area contributed by atoms with Gasteiger partial charge in [0.2, 0.25) is 0 Å². The van der Waals surface area contributed by atoms with Gasteiger partial charge in [-0.3, -0.25) is 4.90 Å². The SMILES string of the molecule is COc1ccc(OC)c(CN2CCC3(C=Cc4ccccc43)CC2)c1. The highest BCUT2D eigenvalue weighted by Crippen LogP contribution is 2.44. The van der Waals surface area contributed by atoms with Crippen LogP contribution < -0.4 is 9.47 Å². The van der Waals surface area contributed by atoms with Crippen molar-refractivity contribution in [3.05, 3.63) is 65.2 Å². The molecule has 3 heteroatoms. The molecule has 0 atom stereocenters. The van der Waals surface area contributed by atoms with Gasteiger partial charge in [0.25, 0.3) is 0 Å². The quantitative estimate of drug-likeness (QED) is 0.833. The van der Waals surface area contributed by atoms with Gasteiger partial charge in [-0.1, -0.05) is 36.4 Å². The van der Waals surface area contributed by atoms with Crippen LogP contribution in [0.5, 0.6) is 11.5 Å². The van der Waals surface area contributed by atoms with Crippen molar-refractivity contribution in [1.82, 2.24) is 4.90 Å². The van der Waals surface area contributed by atoms with Crippen molar-refractivity contribution in [3.8, 4) is 11.5 Å². The molecular weight excluding hydrogens is 310 g/mol. The summed E-state index contributed by atoms with van der Waals surface area (Å²) < 4.78 is 10.9. The fraction of sp³-hybridized carbons (Fsp3) is 0.364. The molecule has 0 N–H and O–H groups in total. The molecule has 0 saturated carbocycles. The van der Waals surface area contributed by atoms with E-state index in [0.29, 0.717) is 0 Å². The average molecular weight is 335 g/mol. The molecule has 1 heterocycles. The van der Waals surface area contributed by atoms with Crippen LogP contribution in [0.25, 0.3) is 6.08 Å². The lowest BCUT2D eigenvalue weighted by Gasteiger charge is -2.39. The Morgan fingerprint density at radius 1 is 1.00 bits per heavy atom. The highest BCUT2D eigenvalue weighted by molar-refractivity contribution is 5.65. The first-order chi connectivity index (χ1) is 12.2. The Morgan fingerprint density at radius 3 is 2.56 bits per heavy atom. The van der Waals surface area contributed by atoms with Crippen LogP contribution in [0, 0.1) is 0 Å². The molecule has 2 aromatic rings. The van der Waals surface area contributed by atoms with Gasteiger partial charge in [0.1, 0.15) is 11.5 Å². The number of likely N-dealkylation sites (tertiary alicyclic amines) is 1. The highest BCUT2D eigenvalue weighted by Gasteiger charge is 2.37. The van der Waals surface area contributed by atoms with Crippen LogP contribution in [0.3, 0.4) is 0 Å². The number of hydrogen-bond acceptors (Lipinski definition) is 3. The smallest absolute Gasteiger partial charge is 0.123 e. The Bertz CT molecular complexity index is 788. The summed E-state index contributed by atoms with van der Waals surface area (Å²) in [5.41, 5.74) is 4.34. The van der Waals surface area contributed by atoms with Crippen LogP contribution in [0.15, 0.2) is 48.5 Å². The first kappa shape index (κ1) is 16.2. The molecule has 4 rings (SSSR count). The molecule has 1 spiro atoms. The van der Waals surface area contributed by atoms with Crippen molar-refractivity contribution >= 4 is 6.08 Å². The van der Waals surface area contributed by atoms with Crippen molar-refractivity contribution in [2.24, 2.45) is 0 Å². The number of allylic oxidation sites excluding steroid dienone is 1. The first-order valence-electron chi connectivity index (χ1n) is 8.96. The summed E-state index contributed by atoms with van der Waals surface area (Å²) in [4.78, 5) is 2.53. The van der Waals surface area contributed by atoms with Crippen molar-refractivity contribution in [2.45, 2.75) is 24.8 Å². The number of ether oxygens (including phenoxy) is 2. The Morgan fingerprint density at radius 2 is 1.80 bits per heavy atom. The number of rotatable bonds is 4. The third-order valence-electron chi connectivity index (χ3n) is 5.71. The summed E-state index contributed by atoms with van der Waals surface area (Å²) in [7, 11) is 3.44. The van der Waals surface area contributed by atoms with Crippen molar-refractivity contribution in [1.29, 1.82) is 0 Å². The van der Waals surface area contributed by atoms with E-state index < -0.39 is 0 Å². The van der Waals surface area contributed by atoms with Crippen LogP contribution in [-0.4, -0.2) is 32.2 Å². The van der Waals surface area contributed by atoms with Crippen LogP contribution in [0.2, 0.25) is 0 Å². The van der Waals surface area contributed by atoms with E-state index in [1.54, 1.807) is 14.2 Å². The first-order valence-corrected chi connectivity index (χ1v) is 8.96. The van der Waals surface area contributed by atoms with Gasteiger partial charge in [0.15, 0.2) is 0 Å². The van der Waals surface area contributed by atoms with Gasteiger partial charge >= 0.3 is 0 Å². The monoisotopic (exact) mass is 335 g/mol. The van der Waals surface area contributed by atoms with Crippen molar-refractivity contribution in [3.63, 3.8) is 0 Å². The molecule has 0 radical (unpaired) electrons. The molecule has 1 fully saturated rings. The van der Waals surface area contributed by atoms with Gasteiger partial charge in [-0.25, -0.2) is 0 Å². The van der Waals surface area contributed by atoms with Gasteiger partial charge in [0, 0.05) is 17.5 Å². The molecule has 25 heavy (non-hydrogen) atoms. The molecule has 3 nitrogen and oxygen atoms in total. The van der Waals surface area contributed by atoms with Crippen LogP contribution >= 0.6 is 0 Å². The Kier molecular flexibility index (Phi) is 4.26. The number of nitrogens with zero attached hydrogens (tertiary/aromatic N) is 1. The topological polar surface area (TPSA) is 21.7 Å². The molecule has 0 bridgehead atoms. The predicted molar refractivity (Wildman–Crippen MR) is 101 cm³/mol. The van der Waals surface area contributed by atoms with Gasteiger partial charge < -0.3 is 9.47 Å². The number of hydrogen-bond donors (Lipinski definition) is 0. The van der Waals surface area contributed by atoms with E-state index in [1.807, 2.05) is 12.1 Å². The number of piperidine rings is 1. The van der Waals surface area contributed by atoms with Crippen LogP contribution in [0.1, 0.15) is 29.5 Å². The van der Waals surface area contributed by atoms with Gasteiger partial charge in [0.05, 0.1) is 14.2 Å². The summed E-state index contributed by atoms with van der Waals surface area (Å²) in [6, 6.07) is 14.9. The maximum absolute atomic E-state index is 5.53. The third-order valence-corrected chi connectivity index (χ3v) is 5.71. The Labute approximate surface area is 149 Å². The molecule has 1 saturated heterocycles. The summed E-state index contributed by atoms with van der Waals surface area (Å²) in [6.07, 6.45) is 7.08. The zero-order valence-electron chi connectivity index (χ0n) is 15.0. The predicted octanol–water partition coefficient (Wildman–Crippen LogP) is 4.26. The minimum absolute atomic E-state index is 0.242.